The lowest BCUT2D eigenvalue weighted by Crippen LogP contribution is -2.52. The molecule has 0 heterocycles. The first-order valence-corrected chi connectivity index (χ1v) is 8.36. The van der Waals surface area contributed by atoms with Gasteiger partial charge in [-0.15, -0.1) is 0 Å². The minimum atomic E-state index is -0.717. The molecule has 0 unspecified atom stereocenters. The number of rotatable bonds is 2. The highest BCUT2D eigenvalue weighted by atomic mass is 32.1. The van der Waals surface area contributed by atoms with Crippen LogP contribution in [0.3, 0.4) is 0 Å². The topological polar surface area (TPSA) is 48.1 Å². The summed E-state index contributed by atoms with van der Waals surface area (Å²) in [6.07, 6.45) is 4.74. The Morgan fingerprint density at radius 2 is 1.78 bits per heavy atom. The van der Waals surface area contributed by atoms with E-state index in [1.165, 1.54) is 25.3 Å². The Morgan fingerprint density at radius 1 is 1.09 bits per heavy atom. The predicted molar refractivity (Wildman–Crippen MR) is 96.0 cm³/mol. The van der Waals surface area contributed by atoms with Crippen molar-refractivity contribution in [1.82, 2.24) is 16.2 Å². The molecule has 0 spiro atoms. The lowest BCUT2D eigenvalue weighted by Gasteiger charge is -2.30. The standard InChI is InChI=1S/C15H20F2N4S2/c1-9-4-2-3-5-12(9)18-14(22)20-21-15(23)19-13-7-6-10(16)8-11(13)17/h6-9,12H,2-5H2,1H3,(H2,18,20,22)(H2,19,21,23)/t9-,12+/m0/s1. The van der Waals surface area contributed by atoms with Gasteiger partial charge in [0.15, 0.2) is 10.2 Å². The molecule has 2 atom stereocenters. The highest BCUT2D eigenvalue weighted by Crippen LogP contribution is 2.23. The molecule has 1 aromatic rings. The van der Waals surface area contributed by atoms with Crippen molar-refractivity contribution in [2.75, 3.05) is 5.32 Å². The molecule has 8 heteroatoms. The third kappa shape index (κ3) is 5.54. The first-order chi connectivity index (χ1) is 11.0. The van der Waals surface area contributed by atoms with Crippen LogP contribution in [-0.4, -0.2) is 16.3 Å². The van der Waals surface area contributed by atoms with Crippen LogP contribution in [0.4, 0.5) is 14.5 Å². The zero-order valence-electron chi connectivity index (χ0n) is 12.8. The molecule has 1 saturated carbocycles. The molecular formula is C15H20F2N4S2. The highest BCUT2D eigenvalue weighted by Gasteiger charge is 2.21. The van der Waals surface area contributed by atoms with Gasteiger partial charge in [-0.25, -0.2) is 8.78 Å². The lowest BCUT2D eigenvalue weighted by atomic mass is 9.86. The van der Waals surface area contributed by atoms with E-state index in [0.717, 1.165) is 18.6 Å². The first-order valence-electron chi connectivity index (χ1n) is 7.54. The van der Waals surface area contributed by atoms with E-state index in [1.54, 1.807) is 0 Å². The summed E-state index contributed by atoms with van der Waals surface area (Å²) in [5.74, 6) is -0.787. The second kappa shape index (κ2) is 8.35. The Hall–Kier alpha value is -1.54. The third-order valence-electron chi connectivity index (χ3n) is 3.90. The molecule has 1 aromatic carbocycles. The van der Waals surface area contributed by atoms with Gasteiger partial charge in [-0.1, -0.05) is 19.8 Å². The van der Waals surface area contributed by atoms with Crippen LogP contribution in [0.1, 0.15) is 32.6 Å². The van der Waals surface area contributed by atoms with Crippen LogP contribution in [0.2, 0.25) is 0 Å². The van der Waals surface area contributed by atoms with E-state index < -0.39 is 11.6 Å². The zero-order chi connectivity index (χ0) is 16.8. The van der Waals surface area contributed by atoms with Crippen molar-refractivity contribution >= 4 is 40.3 Å². The first kappa shape index (κ1) is 17.8. The van der Waals surface area contributed by atoms with Gasteiger partial charge < -0.3 is 10.6 Å². The van der Waals surface area contributed by atoms with E-state index in [0.29, 0.717) is 17.1 Å². The summed E-state index contributed by atoms with van der Waals surface area (Å²) in [6.45, 7) is 2.20. The maximum Gasteiger partial charge on any atom is 0.189 e. The van der Waals surface area contributed by atoms with Crippen LogP contribution in [0.25, 0.3) is 0 Å². The van der Waals surface area contributed by atoms with Gasteiger partial charge in [0.25, 0.3) is 0 Å². The molecule has 0 amide bonds. The van der Waals surface area contributed by atoms with Gasteiger partial charge in [-0.2, -0.15) is 0 Å². The Balaban J connectivity index is 1.76. The van der Waals surface area contributed by atoms with E-state index in [9.17, 15) is 8.78 Å². The third-order valence-corrected chi connectivity index (χ3v) is 4.32. The number of hydrogen-bond acceptors (Lipinski definition) is 2. The van der Waals surface area contributed by atoms with Gasteiger partial charge >= 0.3 is 0 Å². The molecule has 0 bridgehead atoms. The highest BCUT2D eigenvalue weighted by molar-refractivity contribution is 7.80. The van der Waals surface area contributed by atoms with Gasteiger partial charge in [-0.3, -0.25) is 10.9 Å². The molecule has 4 nitrogen and oxygen atoms in total. The largest absolute Gasteiger partial charge is 0.358 e. The Labute approximate surface area is 145 Å². The number of nitrogens with one attached hydrogen (secondary N) is 4. The molecule has 0 saturated heterocycles. The van der Waals surface area contributed by atoms with Crippen LogP contribution in [0, 0.1) is 17.6 Å². The molecule has 4 N–H and O–H groups in total. The molecule has 1 aliphatic carbocycles. The summed E-state index contributed by atoms with van der Waals surface area (Å²) in [5.41, 5.74) is 5.54. The van der Waals surface area contributed by atoms with Crippen molar-refractivity contribution in [2.45, 2.75) is 38.6 Å². The summed E-state index contributed by atoms with van der Waals surface area (Å²) in [6, 6.07) is 3.56. The smallest absolute Gasteiger partial charge is 0.189 e. The fourth-order valence-corrected chi connectivity index (χ4v) is 2.96. The van der Waals surface area contributed by atoms with Crippen LogP contribution in [-0.2, 0) is 0 Å². The van der Waals surface area contributed by atoms with E-state index in [4.69, 9.17) is 24.4 Å². The van der Waals surface area contributed by atoms with Crippen LogP contribution in [0.5, 0.6) is 0 Å². The second-order valence-electron chi connectivity index (χ2n) is 5.67. The molecule has 0 aliphatic heterocycles. The van der Waals surface area contributed by atoms with Gasteiger partial charge in [0.1, 0.15) is 11.6 Å². The lowest BCUT2D eigenvalue weighted by molar-refractivity contribution is 0.308. The van der Waals surface area contributed by atoms with Crippen LogP contribution in [0.15, 0.2) is 18.2 Å². The van der Waals surface area contributed by atoms with E-state index in [-0.39, 0.29) is 10.8 Å². The minimum Gasteiger partial charge on any atom is -0.358 e. The van der Waals surface area contributed by atoms with Crippen LogP contribution < -0.4 is 21.5 Å². The molecule has 0 aromatic heterocycles. The average Bonchev–Trinajstić information content (AvgIpc) is 2.50. The maximum absolute atomic E-state index is 13.5. The normalized spacial score (nSPS) is 20.5. The van der Waals surface area contributed by atoms with Crippen molar-refractivity contribution in [3.05, 3.63) is 29.8 Å². The number of hydrazine groups is 1. The molecule has 1 fully saturated rings. The number of halogens is 2. The van der Waals surface area contributed by atoms with Gasteiger partial charge in [0.2, 0.25) is 0 Å². The van der Waals surface area contributed by atoms with E-state index in [2.05, 4.69) is 28.4 Å². The number of hydrogen-bond donors (Lipinski definition) is 4. The van der Waals surface area contributed by atoms with Gasteiger partial charge in [-0.05, 0) is 55.3 Å². The minimum absolute atomic E-state index is 0.0884. The number of anilines is 1. The summed E-state index contributed by atoms with van der Waals surface area (Å²) in [4.78, 5) is 0. The van der Waals surface area contributed by atoms with Crippen molar-refractivity contribution < 1.29 is 8.78 Å². The van der Waals surface area contributed by atoms with Crippen molar-refractivity contribution in [2.24, 2.45) is 5.92 Å². The molecule has 0 radical (unpaired) electrons. The van der Waals surface area contributed by atoms with Gasteiger partial charge in [0.05, 0.1) is 5.69 Å². The van der Waals surface area contributed by atoms with Crippen molar-refractivity contribution in [1.29, 1.82) is 0 Å². The fraction of sp³-hybridized carbons (Fsp3) is 0.467. The predicted octanol–water partition coefficient (Wildman–Crippen LogP) is 3.21. The average molecular weight is 358 g/mol. The summed E-state index contributed by atoms with van der Waals surface area (Å²) >= 11 is 10.3. The fourth-order valence-electron chi connectivity index (χ4n) is 2.59. The number of thiocarbonyl (C=S) groups is 2. The molecule has 126 valence electrons. The van der Waals surface area contributed by atoms with Crippen molar-refractivity contribution in [3.8, 4) is 0 Å². The Bertz CT molecular complexity index is 583. The molecule has 23 heavy (non-hydrogen) atoms. The van der Waals surface area contributed by atoms with E-state index >= 15 is 0 Å². The van der Waals surface area contributed by atoms with Crippen molar-refractivity contribution in [3.63, 3.8) is 0 Å². The molecular weight excluding hydrogens is 338 g/mol. The SMILES string of the molecule is C[C@H]1CCCC[C@H]1NC(=S)NNC(=S)Nc1ccc(F)cc1F. The summed E-state index contributed by atoms with van der Waals surface area (Å²) in [7, 11) is 0. The Kier molecular flexibility index (Phi) is 6.47. The monoisotopic (exact) mass is 358 g/mol. The molecule has 1 aliphatic rings. The molecule has 2 rings (SSSR count). The quantitative estimate of drug-likeness (QED) is 0.481. The van der Waals surface area contributed by atoms with Crippen LogP contribution >= 0.6 is 24.4 Å². The maximum atomic E-state index is 13.5. The Morgan fingerprint density at radius 3 is 2.48 bits per heavy atom. The summed E-state index contributed by atoms with van der Waals surface area (Å²) < 4.78 is 26.4. The van der Waals surface area contributed by atoms with E-state index in [1.807, 2.05) is 0 Å². The second-order valence-corrected chi connectivity index (χ2v) is 6.49. The zero-order valence-corrected chi connectivity index (χ0v) is 14.4. The number of benzene rings is 1. The summed E-state index contributed by atoms with van der Waals surface area (Å²) in [5, 5.41) is 6.46. The van der Waals surface area contributed by atoms with Gasteiger partial charge in [0, 0.05) is 12.1 Å².